The quantitative estimate of drug-likeness (QED) is 0.222. The van der Waals surface area contributed by atoms with Gasteiger partial charge in [-0.05, 0) is 99.1 Å². The van der Waals surface area contributed by atoms with E-state index in [9.17, 15) is 14.4 Å². The van der Waals surface area contributed by atoms with E-state index in [2.05, 4.69) is 15.2 Å². The van der Waals surface area contributed by atoms with E-state index in [1.807, 2.05) is 103 Å². The normalized spacial score (nSPS) is 17.5. The van der Waals surface area contributed by atoms with Gasteiger partial charge in [-0.15, -0.1) is 0 Å². The van der Waals surface area contributed by atoms with E-state index in [1.54, 1.807) is 0 Å². The predicted molar refractivity (Wildman–Crippen MR) is 188 cm³/mol. The van der Waals surface area contributed by atoms with Crippen molar-refractivity contribution in [1.29, 1.82) is 0 Å². The highest BCUT2D eigenvalue weighted by Crippen LogP contribution is 2.33. The Morgan fingerprint density at radius 3 is 2.49 bits per heavy atom. The second-order valence-electron chi connectivity index (χ2n) is 13.4. The molecule has 2 aliphatic heterocycles. The van der Waals surface area contributed by atoms with Gasteiger partial charge < -0.3 is 25.0 Å². The number of carbonyl (C=O) groups excluding carboxylic acids is 3. The molecule has 2 aliphatic rings. The summed E-state index contributed by atoms with van der Waals surface area (Å²) in [6, 6.07) is 22.4. The van der Waals surface area contributed by atoms with Crippen LogP contribution < -0.4 is 10.2 Å². The summed E-state index contributed by atoms with van der Waals surface area (Å²) < 4.78 is 0. The summed E-state index contributed by atoms with van der Waals surface area (Å²) in [7, 11) is 4.09. The molecule has 246 valence electrons. The molecule has 0 saturated carbocycles. The Bertz CT molecular complexity index is 1710. The lowest BCUT2D eigenvalue weighted by Gasteiger charge is -2.37. The maximum absolute atomic E-state index is 14.5. The van der Waals surface area contributed by atoms with Gasteiger partial charge in [0, 0.05) is 72.4 Å². The van der Waals surface area contributed by atoms with Crippen molar-refractivity contribution in [2.75, 3.05) is 45.2 Å². The number of aromatic amines is 1. The van der Waals surface area contributed by atoms with Gasteiger partial charge in [-0.2, -0.15) is 0 Å². The number of fused-ring (bicyclic) bond motifs is 2. The molecule has 0 radical (unpaired) electrons. The molecule has 3 amide bonds. The third-order valence-electron chi connectivity index (χ3n) is 9.61. The molecular formula is C38H44ClN5O3. The lowest BCUT2D eigenvalue weighted by molar-refractivity contribution is -0.127. The Balaban J connectivity index is 1.15. The highest BCUT2D eigenvalue weighted by molar-refractivity contribution is 6.30. The highest BCUT2D eigenvalue weighted by Gasteiger charge is 2.34. The number of likely N-dealkylation sites (tertiary alicyclic amines) is 1. The second kappa shape index (κ2) is 14.7. The molecule has 1 saturated heterocycles. The van der Waals surface area contributed by atoms with Crippen molar-refractivity contribution in [2.24, 2.45) is 11.8 Å². The van der Waals surface area contributed by atoms with Crippen molar-refractivity contribution in [3.05, 3.63) is 101 Å². The number of anilines is 1. The monoisotopic (exact) mass is 653 g/mol. The largest absolute Gasteiger partial charge is 0.361 e. The summed E-state index contributed by atoms with van der Waals surface area (Å²) in [4.78, 5) is 50.2. The number of para-hydroxylation sites is 1. The Labute approximate surface area is 282 Å². The zero-order valence-electron chi connectivity index (χ0n) is 27.3. The van der Waals surface area contributed by atoms with Crippen molar-refractivity contribution >= 4 is 45.9 Å². The molecule has 0 spiro atoms. The van der Waals surface area contributed by atoms with Gasteiger partial charge in [0.1, 0.15) is 6.04 Å². The molecule has 0 unspecified atom stereocenters. The van der Waals surface area contributed by atoms with Gasteiger partial charge in [0.25, 0.3) is 5.91 Å². The minimum absolute atomic E-state index is 0.0646. The molecule has 4 aromatic rings. The number of nitrogens with zero attached hydrogens (tertiary/aromatic N) is 3. The van der Waals surface area contributed by atoms with Crippen LogP contribution in [0.1, 0.15) is 47.2 Å². The molecule has 47 heavy (non-hydrogen) atoms. The summed E-state index contributed by atoms with van der Waals surface area (Å²) >= 11 is 6.40. The Morgan fingerprint density at radius 2 is 1.72 bits per heavy atom. The van der Waals surface area contributed by atoms with Gasteiger partial charge in [-0.25, -0.2) is 0 Å². The van der Waals surface area contributed by atoms with Crippen molar-refractivity contribution < 1.29 is 14.4 Å². The zero-order chi connectivity index (χ0) is 32.9. The van der Waals surface area contributed by atoms with Crippen LogP contribution in [-0.2, 0) is 22.4 Å². The topological polar surface area (TPSA) is 88.8 Å². The standard InChI is InChI=1S/C38H44ClN5O3/c1-42(2)24-27-20-29-21-31(39)13-14-35(29)44(25-27)38(47)34(22-30-23-40-33-11-7-6-10-32(30)33)41-36(45)15-12-26-16-18-43(19-17-26)37(46)28-8-4-3-5-9-28/h3-11,13-14,21,23,26-27,34,40H,12,15-20,22,24-25H2,1-2H3,(H,41,45)/t27-,34+/m0/s1. The van der Waals surface area contributed by atoms with E-state index in [0.29, 0.717) is 49.0 Å². The first-order chi connectivity index (χ1) is 22.7. The number of amides is 3. The molecule has 0 aliphatic carbocycles. The zero-order valence-corrected chi connectivity index (χ0v) is 28.0. The molecule has 3 aromatic carbocycles. The molecule has 1 aromatic heterocycles. The summed E-state index contributed by atoms with van der Waals surface area (Å²) in [5, 5.41) is 4.86. The third-order valence-corrected chi connectivity index (χ3v) is 9.84. The summed E-state index contributed by atoms with van der Waals surface area (Å²) in [6.45, 7) is 2.79. The predicted octanol–water partition coefficient (Wildman–Crippen LogP) is 5.95. The number of hydrogen-bond donors (Lipinski definition) is 2. The first-order valence-electron chi connectivity index (χ1n) is 16.7. The number of nitrogens with one attached hydrogen (secondary N) is 2. The Hall–Kier alpha value is -4.14. The summed E-state index contributed by atoms with van der Waals surface area (Å²) in [5.41, 5.74) is 4.63. The lowest BCUT2D eigenvalue weighted by Crippen LogP contribution is -2.53. The van der Waals surface area contributed by atoms with Crippen molar-refractivity contribution in [3.63, 3.8) is 0 Å². The van der Waals surface area contributed by atoms with Crippen LogP contribution in [0.3, 0.4) is 0 Å². The molecule has 6 rings (SSSR count). The van der Waals surface area contributed by atoms with E-state index in [1.165, 1.54) is 0 Å². The van der Waals surface area contributed by atoms with Gasteiger partial charge in [-0.3, -0.25) is 14.4 Å². The van der Waals surface area contributed by atoms with E-state index in [0.717, 1.165) is 59.9 Å². The van der Waals surface area contributed by atoms with Crippen LogP contribution in [0, 0.1) is 11.8 Å². The molecule has 1 fully saturated rings. The number of H-pyrrole nitrogens is 1. The van der Waals surface area contributed by atoms with Gasteiger partial charge in [0.2, 0.25) is 11.8 Å². The van der Waals surface area contributed by atoms with Crippen molar-refractivity contribution in [3.8, 4) is 0 Å². The molecule has 0 bridgehead atoms. The first kappa shape index (κ1) is 32.8. The molecule has 2 atom stereocenters. The van der Waals surface area contributed by atoms with Gasteiger partial charge in [0.15, 0.2) is 0 Å². The molecule has 8 nitrogen and oxygen atoms in total. The third kappa shape index (κ3) is 7.88. The number of benzene rings is 3. The fourth-order valence-electron chi connectivity index (χ4n) is 7.26. The smallest absolute Gasteiger partial charge is 0.253 e. The SMILES string of the molecule is CN(C)C[C@@H]1Cc2cc(Cl)ccc2N(C(=O)[C@@H](Cc2c[nH]c3ccccc23)NC(=O)CCC2CCN(C(=O)c3ccccc3)CC2)C1. The van der Waals surface area contributed by atoms with Gasteiger partial charge in [0.05, 0.1) is 0 Å². The van der Waals surface area contributed by atoms with E-state index in [4.69, 9.17) is 11.6 Å². The van der Waals surface area contributed by atoms with Crippen molar-refractivity contribution in [2.45, 2.75) is 44.6 Å². The fraction of sp³-hybridized carbons (Fsp3) is 0.395. The molecule has 3 heterocycles. The number of rotatable bonds is 10. The number of hydrogen-bond acceptors (Lipinski definition) is 4. The maximum atomic E-state index is 14.5. The average Bonchev–Trinajstić information content (AvgIpc) is 3.49. The van der Waals surface area contributed by atoms with E-state index in [-0.39, 0.29) is 23.6 Å². The van der Waals surface area contributed by atoms with Crippen LogP contribution in [0.2, 0.25) is 5.02 Å². The molecule has 2 N–H and O–H groups in total. The summed E-state index contributed by atoms with van der Waals surface area (Å²) in [5.74, 6) is 0.431. The van der Waals surface area contributed by atoms with Gasteiger partial charge >= 0.3 is 0 Å². The number of aromatic nitrogens is 1. The number of halogens is 1. The van der Waals surface area contributed by atoms with E-state index < -0.39 is 6.04 Å². The minimum Gasteiger partial charge on any atom is -0.361 e. The molecule has 9 heteroatoms. The Kier molecular flexibility index (Phi) is 10.3. The number of piperidine rings is 1. The van der Waals surface area contributed by atoms with Crippen LogP contribution in [0.25, 0.3) is 10.9 Å². The van der Waals surface area contributed by atoms with Gasteiger partial charge in [-0.1, -0.05) is 48.0 Å². The maximum Gasteiger partial charge on any atom is 0.253 e. The fourth-order valence-corrected chi connectivity index (χ4v) is 7.45. The minimum atomic E-state index is -0.728. The lowest BCUT2D eigenvalue weighted by atomic mass is 9.90. The second-order valence-corrected chi connectivity index (χ2v) is 13.8. The van der Waals surface area contributed by atoms with Crippen LogP contribution >= 0.6 is 11.6 Å². The highest BCUT2D eigenvalue weighted by atomic mass is 35.5. The van der Waals surface area contributed by atoms with Crippen LogP contribution in [0.5, 0.6) is 0 Å². The van der Waals surface area contributed by atoms with Crippen LogP contribution in [0.15, 0.2) is 79.0 Å². The van der Waals surface area contributed by atoms with E-state index >= 15 is 0 Å². The van der Waals surface area contributed by atoms with Crippen LogP contribution in [-0.4, -0.2) is 78.8 Å². The first-order valence-corrected chi connectivity index (χ1v) is 17.1. The average molecular weight is 654 g/mol. The number of carbonyl (C=O) groups is 3. The Morgan fingerprint density at radius 1 is 0.979 bits per heavy atom. The van der Waals surface area contributed by atoms with Crippen LogP contribution in [0.4, 0.5) is 5.69 Å². The van der Waals surface area contributed by atoms with Crippen molar-refractivity contribution in [1.82, 2.24) is 20.1 Å². The summed E-state index contributed by atoms with van der Waals surface area (Å²) in [6.07, 6.45) is 5.96. The molecular weight excluding hydrogens is 610 g/mol.